The zero-order chi connectivity index (χ0) is 9.84. The predicted octanol–water partition coefficient (Wildman–Crippen LogP) is 3.23. The maximum absolute atomic E-state index is 13.2. The lowest BCUT2D eigenvalue weighted by Gasteiger charge is -1.98. The van der Waals surface area contributed by atoms with Gasteiger partial charge in [-0.2, -0.15) is 5.26 Å². The molecule has 0 aliphatic heterocycles. The summed E-state index contributed by atoms with van der Waals surface area (Å²) in [5.74, 6) is 4.09. The van der Waals surface area contributed by atoms with Gasteiger partial charge in [0.15, 0.2) is 6.07 Å². The molecule has 0 radical (unpaired) electrons. The van der Waals surface area contributed by atoms with Crippen molar-refractivity contribution in [1.29, 1.82) is 5.26 Å². The van der Waals surface area contributed by atoms with Gasteiger partial charge in [-0.1, -0.05) is 15.9 Å². The topological polar surface area (TPSA) is 23.8 Å². The van der Waals surface area contributed by atoms with E-state index in [1.807, 2.05) is 0 Å². The van der Waals surface area contributed by atoms with Gasteiger partial charge in [-0.05, 0) is 34.0 Å². The van der Waals surface area contributed by atoms with Gasteiger partial charge in [0.25, 0.3) is 0 Å². The predicted molar refractivity (Wildman–Crippen MR) is 54.3 cm³/mol. The lowest BCUT2D eigenvalue weighted by molar-refractivity contribution is 0.622. The van der Waals surface area contributed by atoms with Crippen LogP contribution in [0.15, 0.2) is 21.1 Å². The summed E-state index contributed by atoms with van der Waals surface area (Å²) in [7, 11) is 0. The van der Waals surface area contributed by atoms with E-state index >= 15 is 0 Å². The first-order valence-electron chi connectivity index (χ1n) is 3.20. The molecule has 0 aromatic heterocycles. The summed E-state index contributed by atoms with van der Waals surface area (Å²) in [6.45, 7) is 0. The average Bonchev–Trinajstić information content (AvgIpc) is 2.02. The Kier molecular flexibility index (Phi) is 3.48. The van der Waals surface area contributed by atoms with Crippen molar-refractivity contribution >= 4 is 31.9 Å². The molecule has 0 bridgehead atoms. The van der Waals surface area contributed by atoms with Crippen molar-refractivity contribution < 1.29 is 4.39 Å². The van der Waals surface area contributed by atoms with Crippen LogP contribution in [0.3, 0.4) is 0 Å². The maximum Gasteiger partial charge on any atom is 0.152 e. The molecule has 0 saturated carbocycles. The lowest BCUT2D eigenvalue weighted by atomic mass is 10.2. The van der Waals surface area contributed by atoms with Gasteiger partial charge in [-0.25, -0.2) is 4.39 Å². The van der Waals surface area contributed by atoms with E-state index in [-0.39, 0.29) is 5.56 Å². The summed E-state index contributed by atoms with van der Waals surface area (Å²) in [5, 5.41) is 8.19. The molecule has 0 N–H and O–H groups in total. The molecule has 0 fully saturated rings. The quantitative estimate of drug-likeness (QED) is 0.675. The zero-order valence-corrected chi connectivity index (χ0v) is 9.41. The normalized spacial score (nSPS) is 8.46. The molecule has 0 amide bonds. The fourth-order valence-corrected chi connectivity index (χ4v) is 2.02. The van der Waals surface area contributed by atoms with Crippen LogP contribution < -0.4 is 0 Å². The van der Waals surface area contributed by atoms with Crippen molar-refractivity contribution in [3.8, 4) is 17.9 Å². The van der Waals surface area contributed by atoms with E-state index in [2.05, 4.69) is 43.7 Å². The number of hydrogen-bond donors (Lipinski definition) is 0. The molecule has 0 atom stereocenters. The van der Waals surface area contributed by atoms with Crippen LogP contribution in [0.5, 0.6) is 0 Å². The molecule has 13 heavy (non-hydrogen) atoms. The van der Waals surface area contributed by atoms with Gasteiger partial charge in [-0.3, -0.25) is 0 Å². The van der Waals surface area contributed by atoms with Gasteiger partial charge in [0, 0.05) is 14.9 Å². The van der Waals surface area contributed by atoms with Crippen molar-refractivity contribution in [3.63, 3.8) is 0 Å². The third kappa shape index (κ3) is 2.55. The van der Waals surface area contributed by atoms with Gasteiger partial charge in [-0.15, -0.1) is 0 Å². The molecule has 1 nitrogen and oxygen atoms in total. The number of nitrogens with zero attached hydrogens (tertiary/aromatic N) is 1. The third-order valence-electron chi connectivity index (χ3n) is 1.25. The molecule has 0 saturated heterocycles. The number of hydrogen-bond acceptors (Lipinski definition) is 1. The van der Waals surface area contributed by atoms with Gasteiger partial charge in [0.05, 0.1) is 5.56 Å². The van der Waals surface area contributed by atoms with Gasteiger partial charge in [0.2, 0.25) is 0 Å². The van der Waals surface area contributed by atoms with Crippen molar-refractivity contribution in [2.75, 3.05) is 0 Å². The molecule has 0 aliphatic rings. The van der Waals surface area contributed by atoms with E-state index in [1.54, 1.807) is 12.1 Å². The molecule has 0 heterocycles. The van der Waals surface area contributed by atoms with Crippen molar-refractivity contribution in [1.82, 2.24) is 0 Å². The molecule has 4 heteroatoms. The van der Waals surface area contributed by atoms with Crippen LogP contribution >= 0.6 is 31.9 Å². The second-order valence-corrected chi connectivity index (χ2v) is 3.88. The van der Waals surface area contributed by atoms with Gasteiger partial charge in [0.1, 0.15) is 5.82 Å². The van der Waals surface area contributed by atoms with Crippen LogP contribution in [0.1, 0.15) is 5.56 Å². The molecule has 64 valence electrons. The summed E-state index contributed by atoms with van der Waals surface area (Å²) in [5.41, 5.74) is 0.199. The molecule has 0 aliphatic carbocycles. The van der Waals surface area contributed by atoms with Crippen molar-refractivity contribution in [2.45, 2.75) is 0 Å². The minimum Gasteiger partial charge on any atom is -0.206 e. The molecular formula is C9H2Br2FN. The summed E-state index contributed by atoms with van der Waals surface area (Å²) >= 11 is 6.28. The van der Waals surface area contributed by atoms with Crippen LogP contribution in [0.2, 0.25) is 0 Å². The maximum atomic E-state index is 13.2. The van der Waals surface area contributed by atoms with Crippen LogP contribution in [0.4, 0.5) is 4.39 Å². The second kappa shape index (κ2) is 4.41. The van der Waals surface area contributed by atoms with Crippen LogP contribution in [-0.4, -0.2) is 0 Å². The molecule has 1 aromatic carbocycles. The Balaban J connectivity index is 3.31. The third-order valence-corrected chi connectivity index (χ3v) is 2.33. The Morgan fingerprint density at radius 3 is 2.54 bits per heavy atom. The SMILES string of the molecule is N#CC#Cc1c(F)cc(Br)cc1Br. The summed E-state index contributed by atoms with van der Waals surface area (Å²) in [4.78, 5) is 0. The first-order valence-corrected chi connectivity index (χ1v) is 4.78. The highest BCUT2D eigenvalue weighted by Gasteiger charge is 2.05. The summed E-state index contributed by atoms with van der Waals surface area (Å²) in [6, 6.07) is 4.59. The number of benzene rings is 1. The largest absolute Gasteiger partial charge is 0.206 e. The van der Waals surface area contributed by atoms with E-state index in [9.17, 15) is 4.39 Å². The molecule has 1 aromatic rings. The Morgan fingerprint density at radius 1 is 1.31 bits per heavy atom. The Labute approximate surface area is 91.8 Å². The fourth-order valence-electron chi connectivity index (χ4n) is 0.752. The van der Waals surface area contributed by atoms with Crippen molar-refractivity contribution in [2.24, 2.45) is 0 Å². The van der Waals surface area contributed by atoms with Crippen LogP contribution in [0.25, 0.3) is 0 Å². The fraction of sp³-hybridized carbons (Fsp3) is 0. The molecule has 0 unspecified atom stereocenters. The van der Waals surface area contributed by atoms with E-state index in [0.717, 1.165) is 0 Å². The average molecular weight is 303 g/mol. The highest BCUT2D eigenvalue weighted by Crippen LogP contribution is 2.24. The molecule has 1 rings (SSSR count). The number of rotatable bonds is 0. The lowest BCUT2D eigenvalue weighted by Crippen LogP contribution is -1.85. The minimum atomic E-state index is -0.455. The van der Waals surface area contributed by atoms with E-state index < -0.39 is 5.82 Å². The monoisotopic (exact) mass is 301 g/mol. The molecule has 0 spiro atoms. The first-order chi connectivity index (χ1) is 6.15. The van der Waals surface area contributed by atoms with Crippen LogP contribution in [0, 0.1) is 29.0 Å². The van der Waals surface area contributed by atoms with E-state index in [1.165, 1.54) is 6.07 Å². The summed E-state index contributed by atoms with van der Waals surface area (Å²) in [6.07, 6.45) is 0. The summed E-state index contributed by atoms with van der Waals surface area (Å²) < 4.78 is 14.3. The highest BCUT2D eigenvalue weighted by molar-refractivity contribution is 9.11. The second-order valence-electron chi connectivity index (χ2n) is 2.11. The van der Waals surface area contributed by atoms with E-state index in [4.69, 9.17) is 5.26 Å². The number of halogens is 3. The highest BCUT2D eigenvalue weighted by atomic mass is 79.9. The van der Waals surface area contributed by atoms with Gasteiger partial charge < -0.3 is 0 Å². The first kappa shape index (κ1) is 10.2. The zero-order valence-electron chi connectivity index (χ0n) is 6.24. The standard InChI is InChI=1S/C9H2Br2FN/c10-6-4-8(11)7(2-1-3-13)9(12)5-6/h4-5H. The Bertz CT molecular complexity index is 414. The molecular weight excluding hydrogens is 301 g/mol. The minimum absolute atomic E-state index is 0.199. The van der Waals surface area contributed by atoms with Crippen LogP contribution in [-0.2, 0) is 0 Å². The Morgan fingerprint density at radius 2 is 2.00 bits per heavy atom. The smallest absolute Gasteiger partial charge is 0.152 e. The Hall–Kier alpha value is -0.840. The van der Waals surface area contributed by atoms with Gasteiger partial charge >= 0.3 is 0 Å². The van der Waals surface area contributed by atoms with Crippen molar-refractivity contribution in [3.05, 3.63) is 32.5 Å². The van der Waals surface area contributed by atoms with E-state index in [0.29, 0.717) is 8.95 Å². The number of nitriles is 1.